The molecule has 0 saturated heterocycles. The molecule has 0 aliphatic rings. The third-order valence-electron chi connectivity index (χ3n) is 5.11. The quantitative estimate of drug-likeness (QED) is 0.314. The molecule has 33 heavy (non-hydrogen) atoms. The van der Waals surface area contributed by atoms with Crippen molar-refractivity contribution in [3.8, 4) is 40.1 Å². The van der Waals surface area contributed by atoms with E-state index in [9.17, 15) is 0 Å². The van der Waals surface area contributed by atoms with E-state index < -0.39 is 0 Å². The van der Waals surface area contributed by atoms with Gasteiger partial charge in [0, 0.05) is 17.0 Å². The van der Waals surface area contributed by atoms with Gasteiger partial charge in [-0.3, -0.25) is 4.57 Å². The summed E-state index contributed by atoms with van der Waals surface area (Å²) >= 11 is 1.60. The summed E-state index contributed by atoms with van der Waals surface area (Å²) in [4.78, 5) is 0. The van der Waals surface area contributed by atoms with Crippen molar-refractivity contribution in [1.29, 1.82) is 0 Å². The number of rotatable bonds is 9. The van der Waals surface area contributed by atoms with Crippen molar-refractivity contribution in [2.45, 2.75) is 10.9 Å². The fourth-order valence-electron chi connectivity index (χ4n) is 3.40. The van der Waals surface area contributed by atoms with Crippen molar-refractivity contribution in [1.82, 2.24) is 14.8 Å². The molecule has 0 atom stereocenters. The Morgan fingerprint density at radius 1 is 0.727 bits per heavy atom. The molecule has 170 valence electrons. The fourth-order valence-corrected chi connectivity index (χ4v) is 4.29. The van der Waals surface area contributed by atoms with E-state index in [0.717, 1.165) is 39.2 Å². The SMILES string of the molecule is COc1ccc(-n2c(SCc3cccc(OC)c3)nnc2-c2ccc(OC)c(OC)c2)cc1. The van der Waals surface area contributed by atoms with Gasteiger partial charge < -0.3 is 18.9 Å². The van der Waals surface area contributed by atoms with Crippen molar-refractivity contribution < 1.29 is 18.9 Å². The Hall–Kier alpha value is -3.65. The number of thioether (sulfide) groups is 1. The Labute approximate surface area is 197 Å². The molecule has 0 aliphatic heterocycles. The molecule has 0 N–H and O–H groups in total. The summed E-state index contributed by atoms with van der Waals surface area (Å²) in [6.45, 7) is 0. The van der Waals surface area contributed by atoms with E-state index in [1.165, 1.54) is 0 Å². The number of aromatic nitrogens is 3. The van der Waals surface area contributed by atoms with Gasteiger partial charge >= 0.3 is 0 Å². The van der Waals surface area contributed by atoms with Crippen LogP contribution in [0.4, 0.5) is 0 Å². The highest BCUT2D eigenvalue weighted by atomic mass is 32.2. The Bertz CT molecular complexity index is 1220. The molecule has 8 heteroatoms. The maximum absolute atomic E-state index is 5.49. The maximum Gasteiger partial charge on any atom is 0.196 e. The lowest BCUT2D eigenvalue weighted by molar-refractivity contribution is 0.355. The molecule has 4 rings (SSSR count). The van der Waals surface area contributed by atoms with Crippen LogP contribution in [0.3, 0.4) is 0 Å². The smallest absolute Gasteiger partial charge is 0.196 e. The molecule has 0 spiro atoms. The number of hydrogen-bond acceptors (Lipinski definition) is 7. The molecule has 0 saturated carbocycles. The first-order chi connectivity index (χ1) is 16.2. The van der Waals surface area contributed by atoms with Crippen molar-refractivity contribution in [2.24, 2.45) is 0 Å². The molecular formula is C25H25N3O4S. The predicted molar refractivity (Wildman–Crippen MR) is 129 cm³/mol. The summed E-state index contributed by atoms with van der Waals surface area (Å²) in [7, 11) is 6.55. The highest BCUT2D eigenvalue weighted by Gasteiger charge is 2.18. The maximum atomic E-state index is 5.49. The van der Waals surface area contributed by atoms with E-state index in [0.29, 0.717) is 17.3 Å². The second-order valence-electron chi connectivity index (χ2n) is 7.05. The molecule has 0 amide bonds. The molecule has 4 aromatic rings. The summed E-state index contributed by atoms with van der Waals surface area (Å²) in [6.07, 6.45) is 0. The molecule has 0 aliphatic carbocycles. The minimum absolute atomic E-state index is 0.630. The molecule has 0 bridgehead atoms. The van der Waals surface area contributed by atoms with Crippen molar-refractivity contribution in [3.05, 3.63) is 72.3 Å². The van der Waals surface area contributed by atoms with Crippen LogP contribution in [-0.4, -0.2) is 43.2 Å². The first kappa shape index (κ1) is 22.5. The van der Waals surface area contributed by atoms with E-state index in [-0.39, 0.29) is 0 Å². The van der Waals surface area contributed by atoms with Crippen molar-refractivity contribution in [2.75, 3.05) is 28.4 Å². The van der Waals surface area contributed by atoms with Crippen LogP contribution < -0.4 is 18.9 Å². The summed E-state index contributed by atoms with van der Waals surface area (Å²) in [6, 6.07) is 21.5. The second kappa shape index (κ2) is 10.3. The van der Waals surface area contributed by atoms with Crippen LogP contribution in [0.25, 0.3) is 17.1 Å². The lowest BCUT2D eigenvalue weighted by atomic mass is 10.2. The van der Waals surface area contributed by atoms with Gasteiger partial charge in [0.1, 0.15) is 11.5 Å². The zero-order valence-electron chi connectivity index (χ0n) is 18.9. The van der Waals surface area contributed by atoms with E-state index in [4.69, 9.17) is 18.9 Å². The monoisotopic (exact) mass is 463 g/mol. The van der Waals surface area contributed by atoms with Crippen LogP contribution in [0.5, 0.6) is 23.0 Å². The first-order valence-corrected chi connectivity index (χ1v) is 11.2. The summed E-state index contributed by atoms with van der Waals surface area (Å²) < 4.78 is 23.6. The minimum Gasteiger partial charge on any atom is -0.497 e. The summed E-state index contributed by atoms with van der Waals surface area (Å²) in [5.41, 5.74) is 2.93. The molecule has 3 aromatic carbocycles. The van der Waals surface area contributed by atoms with Gasteiger partial charge in [0.15, 0.2) is 22.5 Å². The average molecular weight is 464 g/mol. The van der Waals surface area contributed by atoms with Gasteiger partial charge in [0.25, 0.3) is 0 Å². The first-order valence-electron chi connectivity index (χ1n) is 10.2. The standard InChI is InChI=1S/C25H25N3O4S/c1-29-20-11-9-19(10-12-20)28-24(18-8-13-22(31-3)23(15-18)32-4)26-27-25(28)33-16-17-6-5-7-21(14-17)30-2/h5-15H,16H2,1-4H3. The number of nitrogens with zero attached hydrogens (tertiary/aromatic N) is 3. The molecule has 0 unspecified atom stereocenters. The number of hydrogen-bond donors (Lipinski definition) is 0. The molecule has 1 heterocycles. The normalized spacial score (nSPS) is 10.7. The molecule has 7 nitrogen and oxygen atoms in total. The number of ether oxygens (including phenoxy) is 4. The van der Waals surface area contributed by atoms with Crippen LogP contribution in [0.15, 0.2) is 71.9 Å². The van der Waals surface area contributed by atoms with E-state index in [1.807, 2.05) is 65.2 Å². The van der Waals surface area contributed by atoms with Crippen LogP contribution in [0.2, 0.25) is 0 Å². The summed E-state index contributed by atoms with van der Waals surface area (Å²) in [5.74, 6) is 4.32. The van der Waals surface area contributed by atoms with E-state index in [2.05, 4.69) is 16.3 Å². The molecule has 0 fully saturated rings. The highest BCUT2D eigenvalue weighted by molar-refractivity contribution is 7.98. The fraction of sp³-hybridized carbons (Fsp3) is 0.200. The van der Waals surface area contributed by atoms with Crippen molar-refractivity contribution >= 4 is 11.8 Å². The van der Waals surface area contributed by atoms with Crippen LogP contribution in [0.1, 0.15) is 5.56 Å². The predicted octanol–water partition coefficient (Wildman–Crippen LogP) is 5.26. The highest BCUT2D eigenvalue weighted by Crippen LogP contribution is 2.35. The minimum atomic E-state index is 0.630. The third-order valence-corrected chi connectivity index (χ3v) is 6.11. The Kier molecular flexibility index (Phi) is 7.04. The Morgan fingerprint density at radius 2 is 1.48 bits per heavy atom. The summed E-state index contributed by atoms with van der Waals surface area (Å²) in [5, 5.41) is 9.80. The molecule has 1 aromatic heterocycles. The molecular weight excluding hydrogens is 438 g/mol. The van der Waals surface area contributed by atoms with Crippen molar-refractivity contribution in [3.63, 3.8) is 0 Å². The number of methoxy groups -OCH3 is 4. The van der Waals surface area contributed by atoms with E-state index >= 15 is 0 Å². The van der Waals surface area contributed by atoms with Gasteiger partial charge in [-0.15, -0.1) is 10.2 Å². The van der Waals surface area contributed by atoms with Gasteiger partial charge in [-0.25, -0.2) is 0 Å². The topological polar surface area (TPSA) is 67.6 Å². The van der Waals surface area contributed by atoms with Crippen LogP contribution >= 0.6 is 11.8 Å². The molecule has 0 radical (unpaired) electrons. The Balaban J connectivity index is 1.74. The number of benzene rings is 3. The van der Waals surface area contributed by atoms with Crippen LogP contribution in [-0.2, 0) is 5.75 Å². The zero-order valence-corrected chi connectivity index (χ0v) is 19.8. The van der Waals surface area contributed by atoms with Gasteiger partial charge in [-0.2, -0.15) is 0 Å². The third kappa shape index (κ3) is 4.90. The zero-order chi connectivity index (χ0) is 23.2. The van der Waals surface area contributed by atoms with Crippen LogP contribution in [0, 0.1) is 0 Å². The second-order valence-corrected chi connectivity index (χ2v) is 7.99. The van der Waals surface area contributed by atoms with Gasteiger partial charge in [0.2, 0.25) is 0 Å². The largest absolute Gasteiger partial charge is 0.497 e. The Morgan fingerprint density at radius 3 is 2.18 bits per heavy atom. The van der Waals surface area contributed by atoms with Gasteiger partial charge in [-0.1, -0.05) is 23.9 Å². The average Bonchev–Trinajstić information content (AvgIpc) is 3.31. The van der Waals surface area contributed by atoms with Gasteiger partial charge in [-0.05, 0) is 60.2 Å². The van der Waals surface area contributed by atoms with Gasteiger partial charge in [0.05, 0.1) is 28.4 Å². The van der Waals surface area contributed by atoms with E-state index in [1.54, 1.807) is 40.2 Å². The lowest BCUT2D eigenvalue weighted by Crippen LogP contribution is -2.00. The lowest BCUT2D eigenvalue weighted by Gasteiger charge is -2.13.